The van der Waals surface area contributed by atoms with Crippen LogP contribution in [0.2, 0.25) is 0 Å². The first-order valence-electron chi connectivity index (χ1n) is 9.89. The van der Waals surface area contributed by atoms with Crippen molar-refractivity contribution in [1.29, 1.82) is 0 Å². The minimum Gasteiger partial charge on any atom is -0.366 e. The maximum Gasteiger partial charge on any atom is 0.320 e. The molecule has 0 saturated carbocycles. The quantitative estimate of drug-likeness (QED) is 0.835. The smallest absolute Gasteiger partial charge is 0.320 e. The van der Waals surface area contributed by atoms with Crippen LogP contribution in [0.5, 0.6) is 0 Å². The number of ether oxygens (including phenoxy) is 1. The molecule has 3 aliphatic heterocycles. The predicted octanol–water partition coefficient (Wildman–Crippen LogP) is 1.93. The number of piperidine rings is 2. The van der Waals surface area contributed by atoms with Crippen molar-refractivity contribution in [2.24, 2.45) is 5.92 Å². The number of rotatable bonds is 2. The largest absolute Gasteiger partial charge is 0.366 e. The third-order valence-electron chi connectivity index (χ3n) is 6.03. The average Bonchev–Trinajstić information content (AvgIpc) is 2.70. The van der Waals surface area contributed by atoms with Gasteiger partial charge in [0.15, 0.2) is 0 Å². The van der Waals surface area contributed by atoms with Gasteiger partial charge in [-0.05, 0) is 43.7 Å². The van der Waals surface area contributed by atoms with Crippen molar-refractivity contribution in [2.45, 2.75) is 37.8 Å². The number of amides is 3. The van der Waals surface area contributed by atoms with Gasteiger partial charge >= 0.3 is 6.03 Å². The zero-order valence-electron chi connectivity index (χ0n) is 15.7. The number of hydrogen-bond acceptors (Lipinski definition) is 3. The zero-order chi connectivity index (χ0) is 19.7. The molecule has 1 aromatic rings. The molecule has 3 aliphatic rings. The first kappa shape index (κ1) is 19.1. The van der Waals surface area contributed by atoms with Crippen LogP contribution >= 0.6 is 0 Å². The number of nitrogens with zero attached hydrogens (tertiary/aromatic N) is 2. The fourth-order valence-corrected chi connectivity index (χ4v) is 4.42. The molecule has 0 radical (unpaired) electrons. The molecule has 3 fully saturated rings. The van der Waals surface area contributed by atoms with Crippen molar-refractivity contribution in [1.82, 2.24) is 15.1 Å². The highest BCUT2D eigenvalue weighted by atomic mass is 19.1. The number of benzene rings is 1. The minimum atomic E-state index is -0.502. The van der Waals surface area contributed by atoms with Crippen LogP contribution in [-0.2, 0) is 16.0 Å². The highest BCUT2D eigenvalue weighted by Gasteiger charge is 2.38. The molecule has 0 spiro atoms. The molecule has 0 bridgehead atoms. The molecule has 0 aromatic heterocycles. The first-order chi connectivity index (χ1) is 13.5. The van der Waals surface area contributed by atoms with Crippen molar-refractivity contribution in [2.75, 3.05) is 32.8 Å². The Kier molecular flexibility index (Phi) is 5.48. The lowest BCUT2D eigenvalue weighted by Crippen LogP contribution is -2.62. The molecule has 3 heterocycles. The van der Waals surface area contributed by atoms with Gasteiger partial charge in [0.05, 0.1) is 12.1 Å². The normalized spacial score (nSPS) is 26.0. The second-order valence-corrected chi connectivity index (χ2v) is 7.88. The lowest BCUT2D eigenvalue weighted by molar-refractivity contribution is -0.139. The van der Waals surface area contributed by atoms with Crippen LogP contribution in [0.1, 0.15) is 24.8 Å². The predicted molar refractivity (Wildman–Crippen MR) is 97.6 cm³/mol. The number of urea groups is 1. The van der Waals surface area contributed by atoms with E-state index >= 15 is 0 Å². The van der Waals surface area contributed by atoms with Gasteiger partial charge < -0.3 is 19.9 Å². The van der Waals surface area contributed by atoms with Crippen LogP contribution in [0, 0.1) is 17.6 Å². The van der Waals surface area contributed by atoms with Crippen molar-refractivity contribution in [3.05, 3.63) is 35.4 Å². The van der Waals surface area contributed by atoms with E-state index in [0.717, 1.165) is 12.8 Å². The Labute approximate surface area is 162 Å². The molecule has 4 rings (SSSR count). The number of morpholine rings is 1. The number of fused-ring (bicyclic) bond motifs is 1. The second-order valence-electron chi connectivity index (χ2n) is 7.88. The molecule has 28 heavy (non-hydrogen) atoms. The molecule has 6 nitrogen and oxygen atoms in total. The van der Waals surface area contributed by atoms with Crippen molar-refractivity contribution in [3.63, 3.8) is 0 Å². The fourth-order valence-electron chi connectivity index (χ4n) is 4.42. The molecule has 3 saturated heterocycles. The van der Waals surface area contributed by atoms with Gasteiger partial charge in [0.1, 0.15) is 18.2 Å². The van der Waals surface area contributed by atoms with E-state index in [0.29, 0.717) is 39.0 Å². The molecule has 152 valence electrons. The summed E-state index contributed by atoms with van der Waals surface area (Å²) in [6.45, 7) is 2.30. The van der Waals surface area contributed by atoms with Crippen LogP contribution in [0.25, 0.3) is 0 Å². The van der Waals surface area contributed by atoms with E-state index in [4.69, 9.17) is 4.74 Å². The maximum absolute atomic E-state index is 13.9. The lowest BCUT2D eigenvalue weighted by atomic mass is 9.90. The number of nitrogens with one attached hydrogen (secondary N) is 1. The summed E-state index contributed by atoms with van der Waals surface area (Å²) in [4.78, 5) is 28.0. The van der Waals surface area contributed by atoms with E-state index in [1.165, 1.54) is 18.2 Å². The number of hydrogen-bond donors (Lipinski definition) is 1. The Morgan fingerprint density at radius 1 is 1.11 bits per heavy atom. The van der Waals surface area contributed by atoms with Gasteiger partial charge in [-0.25, -0.2) is 13.6 Å². The third kappa shape index (κ3) is 3.97. The zero-order valence-corrected chi connectivity index (χ0v) is 15.7. The minimum absolute atomic E-state index is 0.0249. The van der Waals surface area contributed by atoms with Gasteiger partial charge in [-0.1, -0.05) is 6.07 Å². The number of halogens is 2. The molecule has 0 aliphatic carbocycles. The Morgan fingerprint density at radius 2 is 1.79 bits per heavy atom. The van der Waals surface area contributed by atoms with Crippen LogP contribution in [0.4, 0.5) is 13.6 Å². The summed E-state index contributed by atoms with van der Waals surface area (Å²) in [6, 6.07) is 3.76. The highest BCUT2D eigenvalue weighted by Crippen LogP contribution is 2.26. The van der Waals surface area contributed by atoms with Gasteiger partial charge in [0.2, 0.25) is 5.91 Å². The molecule has 2 atom stereocenters. The van der Waals surface area contributed by atoms with E-state index in [-0.39, 0.29) is 42.2 Å². The Hall–Kier alpha value is -2.22. The summed E-state index contributed by atoms with van der Waals surface area (Å²) in [7, 11) is 0. The molecule has 1 N–H and O–H groups in total. The number of carbonyl (C=O) groups is 2. The Balaban J connectivity index is 1.30. The first-order valence-corrected chi connectivity index (χ1v) is 9.89. The highest BCUT2D eigenvalue weighted by molar-refractivity contribution is 5.79. The van der Waals surface area contributed by atoms with E-state index < -0.39 is 11.6 Å². The summed E-state index contributed by atoms with van der Waals surface area (Å²) in [5.74, 6) is -0.986. The molecule has 1 unspecified atom stereocenters. The van der Waals surface area contributed by atoms with Crippen LogP contribution in [0.15, 0.2) is 18.2 Å². The standard InChI is InChI=1S/C20H25F2N3O3/c21-15-2-1-3-16(22)14(15)10-13-4-7-24(8-5-13)20(27)25-9-6-18-17(11-25)23-19(26)12-28-18/h1-3,13,17-18H,4-12H2,(H,23,26)/t17-,18?/m1/s1. The second kappa shape index (κ2) is 8.03. The van der Waals surface area contributed by atoms with E-state index in [1.54, 1.807) is 9.80 Å². The van der Waals surface area contributed by atoms with E-state index in [1.807, 2.05) is 0 Å². The molecular weight excluding hydrogens is 368 g/mol. The molecule has 3 amide bonds. The van der Waals surface area contributed by atoms with Crippen molar-refractivity contribution in [3.8, 4) is 0 Å². The van der Waals surface area contributed by atoms with Crippen LogP contribution in [-0.4, -0.2) is 66.7 Å². The fraction of sp³-hybridized carbons (Fsp3) is 0.600. The number of likely N-dealkylation sites (tertiary alicyclic amines) is 2. The van der Waals surface area contributed by atoms with Gasteiger partial charge in [0.25, 0.3) is 0 Å². The average molecular weight is 393 g/mol. The lowest BCUT2D eigenvalue weighted by Gasteiger charge is -2.43. The summed E-state index contributed by atoms with van der Waals surface area (Å²) < 4.78 is 33.3. The Bertz CT molecular complexity index is 732. The molecule has 1 aromatic carbocycles. The van der Waals surface area contributed by atoms with Gasteiger partial charge in [-0.3, -0.25) is 4.79 Å². The summed E-state index contributed by atoms with van der Waals surface area (Å²) in [6.07, 6.45) is 2.48. The SMILES string of the molecule is O=C1COC2CCN(C(=O)N3CCC(Cc4c(F)cccc4F)CC3)C[C@H]2N1. The van der Waals surface area contributed by atoms with Crippen LogP contribution in [0.3, 0.4) is 0 Å². The van der Waals surface area contributed by atoms with Crippen molar-refractivity contribution >= 4 is 11.9 Å². The van der Waals surface area contributed by atoms with E-state index in [9.17, 15) is 18.4 Å². The monoisotopic (exact) mass is 393 g/mol. The molecular formula is C20H25F2N3O3. The van der Waals surface area contributed by atoms with Gasteiger partial charge in [-0.2, -0.15) is 0 Å². The summed E-state index contributed by atoms with van der Waals surface area (Å²) >= 11 is 0. The van der Waals surface area contributed by atoms with Gasteiger partial charge in [-0.15, -0.1) is 0 Å². The maximum atomic E-state index is 13.9. The third-order valence-corrected chi connectivity index (χ3v) is 6.03. The van der Waals surface area contributed by atoms with Crippen LogP contribution < -0.4 is 5.32 Å². The topological polar surface area (TPSA) is 61.9 Å². The molecule has 8 heteroatoms. The van der Waals surface area contributed by atoms with Crippen molar-refractivity contribution < 1.29 is 23.1 Å². The van der Waals surface area contributed by atoms with Gasteiger partial charge in [0, 0.05) is 31.7 Å². The van der Waals surface area contributed by atoms with E-state index in [2.05, 4.69) is 5.32 Å². The number of carbonyl (C=O) groups excluding carboxylic acids is 2. The Morgan fingerprint density at radius 3 is 2.50 bits per heavy atom. The summed E-state index contributed by atoms with van der Waals surface area (Å²) in [5.41, 5.74) is 0.141. The summed E-state index contributed by atoms with van der Waals surface area (Å²) in [5, 5.41) is 2.90.